The molecule has 0 N–H and O–H groups in total. The van der Waals surface area contributed by atoms with Gasteiger partial charge in [-0.1, -0.05) is 164 Å². The minimum atomic E-state index is 0.638. The van der Waals surface area contributed by atoms with Crippen molar-refractivity contribution in [1.82, 2.24) is 15.0 Å². The molecule has 0 atom stereocenters. The van der Waals surface area contributed by atoms with Crippen LogP contribution in [0, 0.1) is 6.57 Å². The SMILES string of the molecule is [C-]#[N+]c1cccc(-c2ccc(-c3cccc4c(-c5ccc(-c6nc(-c7ccccc7)nc(-c7ccccc7)n6)cc5)cccc34)cc2)c1. The number of hydrogen-bond acceptors (Lipinski definition) is 3. The fraction of sp³-hybridized carbons (Fsp3) is 0. The maximum absolute atomic E-state index is 7.35. The lowest BCUT2D eigenvalue weighted by Gasteiger charge is -2.13. The Morgan fingerprint density at radius 1 is 0.333 bits per heavy atom. The number of fused-ring (bicyclic) bond motifs is 1. The highest BCUT2D eigenvalue weighted by atomic mass is 15.0. The van der Waals surface area contributed by atoms with Gasteiger partial charge < -0.3 is 0 Å². The highest BCUT2D eigenvalue weighted by molar-refractivity contribution is 6.04. The molecule has 224 valence electrons. The maximum Gasteiger partial charge on any atom is 0.187 e. The molecule has 0 amide bonds. The van der Waals surface area contributed by atoms with Crippen molar-refractivity contribution in [2.24, 2.45) is 0 Å². The second-order valence-corrected chi connectivity index (χ2v) is 11.6. The van der Waals surface area contributed by atoms with Gasteiger partial charge in [-0.3, -0.25) is 0 Å². The predicted octanol–water partition coefficient (Wildman–Crippen LogP) is 11.6. The molecule has 0 radical (unpaired) electrons. The topological polar surface area (TPSA) is 43.0 Å². The van der Waals surface area contributed by atoms with Crippen molar-refractivity contribution in [1.29, 1.82) is 0 Å². The van der Waals surface area contributed by atoms with E-state index in [4.69, 9.17) is 21.5 Å². The van der Waals surface area contributed by atoms with Gasteiger partial charge in [0.05, 0.1) is 6.57 Å². The maximum atomic E-state index is 7.35. The number of nitrogens with zero attached hydrogens (tertiary/aromatic N) is 4. The summed E-state index contributed by atoms with van der Waals surface area (Å²) >= 11 is 0. The van der Waals surface area contributed by atoms with Crippen LogP contribution < -0.4 is 0 Å². The lowest BCUT2D eigenvalue weighted by Crippen LogP contribution is -2.00. The van der Waals surface area contributed by atoms with Crippen molar-refractivity contribution in [3.63, 3.8) is 0 Å². The standard InChI is InChI=1S/C44H28N4/c1-45-37-16-8-15-36(29-37)30-21-23-31(24-22-30)38-17-9-20-41-39(18-10-19-40(38)41)32-25-27-35(28-26-32)44-47-42(33-11-4-2-5-12-33)46-43(48-44)34-13-6-3-7-14-34/h2-29H. The zero-order chi connectivity index (χ0) is 32.3. The van der Waals surface area contributed by atoms with Gasteiger partial charge in [-0.2, -0.15) is 0 Å². The Morgan fingerprint density at radius 2 is 0.729 bits per heavy atom. The van der Waals surface area contributed by atoms with E-state index in [1.165, 1.54) is 21.9 Å². The zero-order valence-electron chi connectivity index (χ0n) is 26.0. The fourth-order valence-electron chi connectivity index (χ4n) is 6.15. The molecule has 48 heavy (non-hydrogen) atoms. The quantitative estimate of drug-likeness (QED) is 0.175. The van der Waals surface area contributed by atoms with Crippen LogP contribution in [0.15, 0.2) is 170 Å². The summed E-state index contributed by atoms with van der Waals surface area (Å²) in [5, 5.41) is 2.38. The van der Waals surface area contributed by atoms with Gasteiger partial charge in [-0.25, -0.2) is 19.8 Å². The summed E-state index contributed by atoms with van der Waals surface area (Å²) in [6, 6.07) is 57.9. The average molecular weight is 613 g/mol. The van der Waals surface area contributed by atoms with Crippen molar-refractivity contribution in [2.45, 2.75) is 0 Å². The summed E-state index contributed by atoms with van der Waals surface area (Å²) in [5.41, 5.74) is 10.2. The number of hydrogen-bond donors (Lipinski definition) is 0. The van der Waals surface area contributed by atoms with Crippen LogP contribution in [0.25, 0.3) is 83.2 Å². The molecule has 0 aliphatic carbocycles. The summed E-state index contributed by atoms with van der Waals surface area (Å²) in [4.78, 5) is 18.2. The molecular weight excluding hydrogens is 585 g/mol. The highest BCUT2D eigenvalue weighted by Crippen LogP contribution is 2.36. The molecule has 4 heteroatoms. The van der Waals surface area contributed by atoms with Gasteiger partial charge >= 0.3 is 0 Å². The summed E-state index contributed by atoms with van der Waals surface area (Å²) in [5.74, 6) is 1.93. The molecule has 0 unspecified atom stereocenters. The second-order valence-electron chi connectivity index (χ2n) is 11.6. The molecule has 0 aliphatic heterocycles. The van der Waals surface area contributed by atoms with E-state index in [-0.39, 0.29) is 0 Å². The van der Waals surface area contributed by atoms with E-state index in [9.17, 15) is 0 Å². The van der Waals surface area contributed by atoms with Gasteiger partial charge in [-0.05, 0) is 50.2 Å². The molecule has 0 aliphatic rings. The normalized spacial score (nSPS) is 10.9. The van der Waals surface area contributed by atoms with Crippen LogP contribution >= 0.6 is 0 Å². The van der Waals surface area contributed by atoms with Crippen molar-refractivity contribution in [2.75, 3.05) is 0 Å². The summed E-state index contributed by atoms with van der Waals surface area (Å²) in [7, 11) is 0. The Balaban J connectivity index is 1.15. The minimum Gasteiger partial charge on any atom is -0.238 e. The minimum absolute atomic E-state index is 0.638. The molecule has 0 saturated carbocycles. The number of rotatable bonds is 6. The molecule has 0 saturated heterocycles. The Hall–Kier alpha value is -6.70. The Morgan fingerprint density at radius 3 is 1.21 bits per heavy atom. The number of benzene rings is 7. The first-order valence-corrected chi connectivity index (χ1v) is 15.8. The van der Waals surface area contributed by atoms with E-state index in [0.717, 1.165) is 38.9 Å². The van der Waals surface area contributed by atoms with Crippen LogP contribution in [0.4, 0.5) is 5.69 Å². The summed E-state index contributed by atoms with van der Waals surface area (Å²) < 4.78 is 0. The van der Waals surface area contributed by atoms with Crippen molar-refractivity contribution in [3.8, 4) is 67.5 Å². The van der Waals surface area contributed by atoms with Crippen LogP contribution in [0.2, 0.25) is 0 Å². The first kappa shape index (κ1) is 28.8. The van der Waals surface area contributed by atoms with E-state index in [0.29, 0.717) is 23.2 Å². The van der Waals surface area contributed by atoms with Crippen LogP contribution in [0.1, 0.15) is 0 Å². The zero-order valence-corrected chi connectivity index (χ0v) is 26.0. The monoisotopic (exact) mass is 612 g/mol. The van der Waals surface area contributed by atoms with Crippen molar-refractivity contribution in [3.05, 3.63) is 181 Å². The fourth-order valence-corrected chi connectivity index (χ4v) is 6.15. The van der Waals surface area contributed by atoms with Gasteiger partial charge in [-0.15, -0.1) is 0 Å². The molecule has 1 aromatic heterocycles. The molecular formula is C44H28N4. The third-order valence-electron chi connectivity index (χ3n) is 8.58. The summed E-state index contributed by atoms with van der Waals surface area (Å²) in [6.45, 7) is 7.35. The molecule has 8 aromatic rings. The van der Waals surface area contributed by atoms with E-state index >= 15 is 0 Å². The third kappa shape index (κ3) is 5.62. The summed E-state index contributed by atoms with van der Waals surface area (Å²) in [6.07, 6.45) is 0. The van der Waals surface area contributed by atoms with Crippen LogP contribution in [-0.4, -0.2) is 15.0 Å². The molecule has 1 heterocycles. The van der Waals surface area contributed by atoms with Crippen LogP contribution in [0.3, 0.4) is 0 Å². The molecule has 8 rings (SSSR count). The van der Waals surface area contributed by atoms with E-state index in [2.05, 4.69) is 89.8 Å². The average Bonchev–Trinajstić information content (AvgIpc) is 3.18. The van der Waals surface area contributed by atoms with Crippen molar-refractivity contribution >= 4 is 16.5 Å². The largest absolute Gasteiger partial charge is 0.238 e. The van der Waals surface area contributed by atoms with Gasteiger partial charge in [0.1, 0.15) is 0 Å². The highest BCUT2D eigenvalue weighted by Gasteiger charge is 2.14. The van der Waals surface area contributed by atoms with Crippen molar-refractivity contribution < 1.29 is 0 Å². The molecule has 4 nitrogen and oxygen atoms in total. The van der Waals surface area contributed by atoms with Crippen LogP contribution in [-0.2, 0) is 0 Å². The lowest BCUT2D eigenvalue weighted by molar-refractivity contribution is 1.07. The Bertz CT molecular complexity index is 2370. The second kappa shape index (κ2) is 12.6. The van der Waals surface area contributed by atoms with Crippen LogP contribution in [0.5, 0.6) is 0 Å². The molecule has 0 fully saturated rings. The first-order valence-electron chi connectivity index (χ1n) is 15.8. The first-order chi connectivity index (χ1) is 23.7. The molecule has 0 spiro atoms. The third-order valence-corrected chi connectivity index (χ3v) is 8.58. The van der Waals surface area contributed by atoms with E-state index in [1.807, 2.05) is 84.9 Å². The molecule has 0 bridgehead atoms. The van der Waals surface area contributed by atoms with Gasteiger partial charge in [0.15, 0.2) is 23.2 Å². The lowest BCUT2D eigenvalue weighted by atomic mass is 9.92. The Kier molecular flexibility index (Phi) is 7.54. The smallest absolute Gasteiger partial charge is 0.187 e. The van der Waals surface area contributed by atoms with Gasteiger partial charge in [0.2, 0.25) is 0 Å². The van der Waals surface area contributed by atoms with Gasteiger partial charge in [0, 0.05) is 16.7 Å². The predicted molar refractivity (Wildman–Crippen MR) is 196 cm³/mol. The number of aromatic nitrogens is 3. The van der Waals surface area contributed by atoms with E-state index in [1.54, 1.807) is 0 Å². The molecule has 7 aromatic carbocycles. The van der Waals surface area contributed by atoms with Gasteiger partial charge in [0.25, 0.3) is 0 Å². The Labute approximate surface area is 279 Å². The van der Waals surface area contributed by atoms with E-state index < -0.39 is 0 Å².